The largest absolute Gasteiger partial charge is 0.477 e. The van der Waals surface area contributed by atoms with Crippen LogP contribution in [0.5, 0.6) is 5.75 Å². The van der Waals surface area contributed by atoms with Gasteiger partial charge in [0.2, 0.25) is 0 Å². The predicted octanol–water partition coefficient (Wildman–Crippen LogP) is 2.44. The molecule has 0 saturated carbocycles. The van der Waals surface area contributed by atoms with E-state index in [1.165, 1.54) is 6.42 Å². The molecule has 0 amide bonds. The van der Waals surface area contributed by atoms with Crippen LogP contribution in [-0.4, -0.2) is 19.7 Å². The van der Waals surface area contributed by atoms with Gasteiger partial charge in [0.25, 0.3) is 0 Å². The quantitative estimate of drug-likeness (QED) is 0.775. The minimum Gasteiger partial charge on any atom is -0.477 e. The third-order valence-electron chi connectivity index (χ3n) is 3.03. The standard InChI is InChI=1S/C13H16N2O/c1-2-11-9-15(10-11)12-5-3-4-6-13(12)16-8-7-14/h3-6,11H,2,8-10H2,1H3. The average molecular weight is 216 g/mol. The highest BCUT2D eigenvalue weighted by molar-refractivity contribution is 5.60. The second-order valence-corrected chi connectivity index (χ2v) is 4.09. The van der Waals surface area contributed by atoms with Crippen LogP contribution < -0.4 is 9.64 Å². The molecule has 1 aliphatic rings. The zero-order valence-corrected chi connectivity index (χ0v) is 9.52. The molecule has 84 valence electrons. The maximum absolute atomic E-state index is 8.52. The molecule has 1 aromatic rings. The number of para-hydroxylation sites is 2. The van der Waals surface area contributed by atoms with Crippen molar-refractivity contribution in [1.82, 2.24) is 0 Å². The van der Waals surface area contributed by atoms with E-state index in [2.05, 4.69) is 17.9 Å². The van der Waals surface area contributed by atoms with Gasteiger partial charge < -0.3 is 9.64 Å². The van der Waals surface area contributed by atoms with Crippen LogP contribution in [0.1, 0.15) is 13.3 Å². The van der Waals surface area contributed by atoms with Gasteiger partial charge in [-0.3, -0.25) is 0 Å². The molecular formula is C13H16N2O. The van der Waals surface area contributed by atoms with E-state index >= 15 is 0 Å². The lowest BCUT2D eigenvalue weighted by Gasteiger charge is -2.41. The molecule has 0 radical (unpaired) electrons. The predicted molar refractivity (Wildman–Crippen MR) is 63.5 cm³/mol. The fraction of sp³-hybridized carbons (Fsp3) is 0.462. The van der Waals surface area contributed by atoms with Gasteiger partial charge >= 0.3 is 0 Å². The first-order valence-electron chi connectivity index (χ1n) is 5.69. The molecule has 2 rings (SSSR count). The molecule has 1 aromatic carbocycles. The number of nitriles is 1. The van der Waals surface area contributed by atoms with Gasteiger partial charge in [-0.15, -0.1) is 0 Å². The molecule has 0 unspecified atom stereocenters. The Labute approximate surface area is 96.2 Å². The lowest BCUT2D eigenvalue weighted by Crippen LogP contribution is -2.46. The number of ether oxygens (including phenoxy) is 1. The molecule has 3 nitrogen and oxygen atoms in total. The van der Waals surface area contributed by atoms with Crippen molar-refractivity contribution in [2.75, 3.05) is 24.6 Å². The van der Waals surface area contributed by atoms with Crippen molar-refractivity contribution >= 4 is 5.69 Å². The molecular weight excluding hydrogens is 200 g/mol. The molecule has 0 aromatic heterocycles. The molecule has 1 saturated heterocycles. The van der Waals surface area contributed by atoms with Crippen LogP contribution >= 0.6 is 0 Å². The van der Waals surface area contributed by atoms with Crippen molar-refractivity contribution in [3.63, 3.8) is 0 Å². The minimum absolute atomic E-state index is 0.113. The second kappa shape index (κ2) is 4.89. The van der Waals surface area contributed by atoms with Gasteiger partial charge in [-0.25, -0.2) is 0 Å². The second-order valence-electron chi connectivity index (χ2n) is 4.09. The van der Waals surface area contributed by atoms with Crippen molar-refractivity contribution in [1.29, 1.82) is 5.26 Å². The van der Waals surface area contributed by atoms with Crippen molar-refractivity contribution in [3.05, 3.63) is 24.3 Å². The highest BCUT2D eigenvalue weighted by atomic mass is 16.5. The van der Waals surface area contributed by atoms with Crippen LogP contribution in [0.3, 0.4) is 0 Å². The topological polar surface area (TPSA) is 36.3 Å². The van der Waals surface area contributed by atoms with E-state index in [4.69, 9.17) is 10.00 Å². The maximum Gasteiger partial charge on any atom is 0.174 e. The Balaban J connectivity index is 2.06. The summed E-state index contributed by atoms with van der Waals surface area (Å²) in [6.07, 6.45) is 1.23. The van der Waals surface area contributed by atoms with Crippen LogP contribution in [0, 0.1) is 17.2 Å². The van der Waals surface area contributed by atoms with Gasteiger partial charge in [0.15, 0.2) is 6.61 Å². The molecule has 16 heavy (non-hydrogen) atoms. The molecule has 0 N–H and O–H groups in total. The Kier molecular flexibility index (Phi) is 3.31. The Morgan fingerprint density at radius 2 is 2.19 bits per heavy atom. The molecule has 1 heterocycles. The Hall–Kier alpha value is -1.69. The van der Waals surface area contributed by atoms with Gasteiger partial charge in [0, 0.05) is 13.1 Å². The summed E-state index contributed by atoms with van der Waals surface area (Å²) in [5, 5.41) is 8.52. The van der Waals surface area contributed by atoms with E-state index in [1.807, 2.05) is 24.3 Å². The van der Waals surface area contributed by atoms with E-state index in [0.717, 1.165) is 30.4 Å². The summed E-state index contributed by atoms with van der Waals surface area (Å²) < 4.78 is 5.41. The van der Waals surface area contributed by atoms with E-state index in [1.54, 1.807) is 0 Å². The number of hydrogen-bond acceptors (Lipinski definition) is 3. The minimum atomic E-state index is 0.113. The SMILES string of the molecule is CCC1CN(c2ccccc2OCC#N)C1. The van der Waals surface area contributed by atoms with E-state index < -0.39 is 0 Å². The van der Waals surface area contributed by atoms with Crippen LogP contribution in [0.25, 0.3) is 0 Å². The zero-order valence-electron chi connectivity index (χ0n) is 9.52. The van der Waals surface area contributed by atoms with Crippen LogP contribution in [0.15, 0.2) is 24.3 Å². The first-order valence-corrected chi connectivity index (χ1v) is 5.69. The fourth-order valence-electron chi connectivity index (χ4n) is 1.98. The average Bonchev–Trinajstić information content (AvgIpc) is 2.26. The van der Waals surface area contributed by atoms with Gasteiger partial charge in [0.1, 0.15) is 11.8 Å². The monoisotopic (exact) mass is 216 g/mol. The lowest BCUT2D eigenvalue weighted by molar-refractivity contribution is 0.355. The smallest absolute Gasteiger partial charge is 0.174 e. The summed E-state index contributed by atoms with van der Waals surface area (Å²) in [5.41, 5.74) is 1.11. The Morgan fingerprint density at radius 3 is 2.88 bits per heavy atom. The first kappa shape index (κ1) is 10.8. The summed E-state index contributed by atoms with van der Waals surface area (Å²) in [6.45, 7) is 4.54. The molecule has 0 spiro atoms. The number of benzene rings is 1. The number of nitrogens with zero attached hydrogens (tertiary/aromatic N) is 2. The van der Waals surface area contributed by atoms with Crippen molar-refractivity contribution in [2.24, 2.45) is 5.92 Å². The van der Waals surface area contributed by atoms with Crippen LogP contribution in [0.2, 0.25) is 0 Å². The van der Waals surface area contributed by atoms with Crippen molar-refractivity contribution < 1.29 is 4.74 Å². The van der Waals surface area contributed by atoms with Crippen LogP contribution in [0.4, 0.5) is 5.69 Å². The van der Waals surface area contributed by atoms with E-state index in [9.17, 15) is 0 Å². The third-order valence-corrected chi connectivity index (χ3v) is 3.03. The molecule has 1 fully saturated rings. The number of hydrogen-bond donors (Lipinski definition) is 0. The molecule has 0 aliphatic carbocycles. The lowest BCUT2D eigenvalue weighted by atomic mass is 9.96. The van der Waals surface area contributed by atoms with Crippen molar-refractivity contribution in [2.45, 2.75) is 13.3 Å². The Morgan fingerprint density at radius 1 is 1.44 bits per heavy atom. The van der Waals surface area contributed by atoms with Gasteiger partial charge in [-0.05, 0) is 24.5 Å². The molecule has 3 heteroatoms. The highest BCUT2D eigenvalue weighted by Crippen LogP contribution is 2.33. The van der Waals surface area contributed by atoms with Gasteiger partial charge in [-0.1, -0.05) is 19.1 Å². The summed E-state index contributed by atoms with van der Waals surface area (Å²) in [6, 6.07) is 9.92. The first-order chi connectivity index (χ1) is 7.85. The molecule has 1 aliphatic heterocycles. The number of anilines is 1. The summed E-state index contributed by atoms with van der Waals surface area (Å²) in [7, 11) is 0. The molecule has 0 atom stereocenters. The van der Waals surface area contributed by atoms with E-state index in [0.29, 0.717) is 0 Å². The normalized spacial score (nSPS) is 15.4. The Bertz CT molecular complexity index is 391. The van der Waals surface area contributed by atoms with Crippen LogP contribution in [-0.2, 0) is 0 Å². The highest BCUT2D eigenvalue weighted by Gasteiger charge is 2.26. The van der Waals surface area contributed by atoms with Crippen molar-refractivity contribution in [3.8, 4) is 11.8 Å². The summed E-state index contributed by atoms with van der Waals surface area (Å²) in [4.78, 5) is 2.31. The summed E-state index contributed by atoms with van der Waals surface area (Å²) in [5.74, 6) is 1.63. The van der Waals surface area contributed by atoms with E-state index in [-0.39, 0.29) is 6.61 Å². The van der Waals surface area contributed by atoms with Gasteiger partial charge in [0.05, 0.1) is 5.69 Å². The zero-order chi connectivity index (χ0) is 11.4. The molecule has 0 bridgehead atoms. The summed E-state index contributed by atoms with van der Waals surface area (Å²) >= 11 is 0. The maximum atomic E-state index is 8.52. The fourth-order valence-corrected chi connectivity index (χ4v) is 1.98. The van der Waals surface area contributed by atoms with Gasteiger partial charge in [-0.2, -0.15) is 5.26 Å². The third kappa shape index (κ3) is 2.11. The number of rotatable bonds is 4.